The van der Waals surface area contributed by atoms with Crippen LogP contribution in [0.2, 0.25) is 0 Å². The van der Waals surface area contributed by atoms with Crippen LogP contribution in [-0.4, -0.2) is 34.0 Å². The largest absolute Gasteiger partial charge is 0.339 e. The van der Waals surface area contributed by atoms with Crippen LogP contribution in [0.5, 0.6) is 0 Å². The van der Waals surface area contributed by atoms with Crippen LogP contribution >= 0.6 is 0 Å². The number of nitrogens with zero attached hydrogens (tertiary/aromatic N) is 3. The highest BCUT2D eigenvalue weighted by Gasteiger charge is 2.29. The fourth-order valence-electron chi connectivity index (χ4n) is 2.46. The van der Waals surface area contributed by atoms with Crippen molar-refractivity contribution in [2.45, 2.75) is 45.1 Å². The Morgan fingerprint density at radius 3 is 2.69 bits per heavy atom. The Morgan fingerprint density at radius 1 is 1.27 bits per heavy atom. The molecule has 3 amide bonds. The van der Waals surface area contributed by atoms with E-state index in [1.165, 1.54) is 4.90 Å². The fraction of sp³-hybridized carbons (Fsp3) is 0.444. The molecule has 0 unspecified atom stereocenters. The molecule has 1 aliphatic rings. The maximum atomic E-state index is 12.3. The standard InChI is InChI=1S/C18H23N5O3/c1-3-5-16(24)19-13-6-4-7-14(10-13)20-18(25)23(2)11-15-21-17(26-22-15)12-8-9-12/h4,6-7,10,12H,3,5,8-9,11H2,1-2H3,(H,19,24)(H,20,25). The Labute approximate surface area is 151 Å². The minimum absolute atomic E-state index is 0.0448. The summed E-state index contributed by atoms with van der Waals surface area (Å²) in [6, 6.07) is 6.75. The zero-order valence-corrected chi connectivity index (χ0v) is 15.0. The third kappa shape index (κ3) is 4.81. The van der Waals surface area contributed by atoms with Crippen LogP contribution in [-0.2, 0) is 11.3 Å². The number of amides is 3. The summed E-state index contributed by atoms with van der Waals surface area (Å²) in [7, 11) is 1.66. The minimum atomic E-state index is -0.292. The predicted molar refractivity (Wildman–Crippen MR) is 96.7 cm³/mol. The lowest BCUT2D eigenvalue weighted by Crippen LogP contribution is -2.31. The van der Waals surface area contributed by atoms with Gasteiger partial charge < -0.3 is 20.1 Å². The zero-order chi connectivity index (χ0) is 18.5. The molecular weight excluding hydrogens is 334 g/mol. The number of rotatable bonds is 7. The Bertz CT molecular complexity index is 785. The average Bonchev–Trinajstić information content (AvgIpc) is 3.35. The van der Waals surface area contributed by atoms with Gasteiger partial charge in [0.15, 0.2) is 5.82 Å². The summed E-state index contributed by atoms with van der Waals surface area (Å²) in [5.41, 5.74) is 1.25. The molecule has 0 radical (unpaired) electrons. The van der Waals surface area contributed by atoms with Crippen LogP contribution in [0.25, 0.3) is 0 Å². The molecule has 2 aromatic rings. The lowest BCUT2D eigenvalue weighted by molar-refractivity contribution is -0.116. The van der Waals surface area contributed by atoms with E-state index in [2.05, 4.69) is 20.8 Å². The molecule has 2 N–H and O–H groups in total. The molecule has 0 bridgehead atoms. The molecule has 8 nitrogen and oxygen atoms in total. The molecule has 138 valence electrons. The number of nitrogens with one attached hydrogen (secondary N) is 2. The van der Waals surface area contributed by atoms with Gasteiger partial charge in [-0.15, -0.1) is 0 Å². The molecule has 1 aromatic carbocycles. The van der Waals surface area contributed by atoms with E-state index in [0.29, 0.717) is 35.4 Å². The van der Waals surface area contributed by atoms with E-state index in [4.69, 9.17) is 4.52 Å². The van der Waals surface area contributed by atoms with Gasteiger partial charge in [0.25, 0.3) is 0 Å². The first-order chi connectivity index (χ1) is 12.5. The van der Waals surface area contributed by atoms with Gasteiger partial charge in [0.2, 0.25) is 11.8 Å². The van der Waals surface area contributed by atoms with Crippen molar-refractivity contribution in [3.63, 3.8) is 0 Å². The van der Waals surface area contributed by atoms with Gasteiger partial charge in [-0.2, -0.15) is 4.98 Å². The van der Waals surface area contributed by atoms with Crippen molar-refractivity contribution in [3.05, 3.63) is 36.0 Å². The Balaban J connectivity index is 1.55. The second kappa shape index (κ2) is 7.99. The van der Waals surface area contributed by atoms with Crippen molar-refractivity contribution < 1.29 is 14.1 Å². The van der Waals surface area contributed by atoms with E-state index in [9.17, 15) is 9.59 Å². The Hall–Kier alpha value is -2.90. The van der Waals surface area contributed by atoms with Crippen molar-refractivity contribution in [2.75, 3.05) is 17.7 Å². The van der Waals surface area contributed by atoms with E-state index in [1.807, 2.05) is 6.92 Å². The van der Waals surface area contributed by atoms with Crippen molar-refractivity contribution in [2.24, 2.45) is 0 Å². The monoisotopic (exact) mass is 357 g/mol. The van der Waals surface area contributed by atoms with Gasteiger partial charge in [0, 0.05) is 30.8 Å². The lowest BCUT2D eigenvalue weighted by atomic mass is 10.2. The third-order valence-electron chi connectivity index (χ3n) is 4.01. The maximum absolute atomic E-state index is 12.3. The summed E-state index contributed by atoms with van der Waals surface area (Å²) in [5, 5.41) is 9.52. The van der Waals surface area contributed by atoms with Gasteiger partial charge in [-0.25, -0.2) is 4.79 Å². The van der Waals surface area contributed by atoms with Gasteiger partial charge in [0.05, 0.1) is 6.54 Å². The Kier molecular flexibility index (Phi) is 5.50. The summed E-state index contributed by atoms with van der Waals surface area (Å²) in [4.78, 5) is 29.8. The maximum Gasteiger partial charge on any atom is 0.321 e. The first-order valence-corrected chi connectivity index (χ1v) is 8.79. The molecule has 1 fully saturated rings. The van der Waals surface area contributed by atoms with Gasteiger partial charge in [-0.05, 0) is 37.5 Å². The smallest absolute Gasteiger partial charge is 0.321 e. The average molecular weight is 357 g/mol. The van der Waals surface area contributed by atoms with E-state index < -0.39 is 0 Å². The van der Waals surface area contributed by atoms with Gasteiger partial charge in [0.1, 0.15) is 0 Å². The van der Waals surface area contributed by atoms with Crippen LogP contribution in [0.4, 0.5) is 16.2 Å². The Morgan fingerprint density at radius 2 is 2.00 bits per heavy atom. The number of urea groups is 1. The van der Waals surface area contributed by atoms with E-state index in [0.717, 1.165) is 19.3 Å². The van der Waals surface area contributed by atoms with Crippen LogP contribution in [0.15, 0.2) is 28.8 Å². The highest BCUT2D eigenvalue weighted by atomic mass is 16.5. The molecule has 0 spiro atoms. The highest BCUT2D eigenvalue weighted by molar-refractivity contribution is 5.93. The predicted octanol–water partition coefficient (Wildman–Crippen LogP) is 3.35. The molecular formula is C18H23N5O3. The van der Waals surface area contributed by atoms with Gasteiger partial charge >= 0.3 is 6.03 Å². The van der Waals surface area contributed by atoms with Crippen LogP contribution in [0.3, 0.4) is 0 Å². The molecule has 26 heavy (non-hydrogen) atoms. The molecule has 1 saturated carbocycles. The van der Waals surface area contributed by atoms with E-state index in [-0.39, 0.29) is 18.5 Å². The van der Waals surface area contributed by atoms with Crippen LogP contribution in [0, 0.1) is 0 Å². The number of hydrogen-bond donors (Lipinski definition) is 2. The number of carbonyl (C=O) groups excluding carboxylic acids is 2. The molecule has 3 rings (SSSR count). The van der Waals surface area contributed by atoms with Gasteiger partial charge in [-0.3, -0.25) is 4.79 Å². The first kappa shape index (κ1) is 17.9. The molecule has 1 aromatic heterocycles. The quantitative estimate of drug-likeness (QED) is 0.791. The van der Waals surface area contributed by atoms with Crippen molar-refractivity contribution in [3.8, 4) is 0 Å². The zero-order valence-electron chi connectivity index (χ0n) is 15.0. The summed E-state index contributed by atoms with van der Waals surface area (Å²) in [6.07, 6.45) is 3.42. The number of anilines is 2. The minimum Gasteiger partial charge on any atom is -0.339 e. The van der Waals surface area contributed by atoms with Crippen molar-refractivity contribution >= 4 is 23.3 Å². The second-order valence-electron chi connectivity index (χ2n) is 6.49. The SMILES string of the molecule is CCCC(=O)Nc1cccc(NC(=O)N(C)Cc2noc(C3CC3)n2)c1. The molecule has 1 heterocycles. The first-order valence-electron chi connectivity index (χ1n) is 8.79. The van der Waals surface area contributed by atoms with E-state index in [1.54, 1.807) is 31.3 Å². The van der Waals surface area contributed by atoms with Crippen LogP contribution < -0.4 is 10.6 Å². The van der Waals surface area contributed by atoms with Crippen molar-refractivity contribution in [1.29, 1.82) is 0 Å². The second-order valence-corrected chi connectivity index (χ2v) is 6.49. The molecule has 0 aliphatic heterocycles. The summed E-state index contributed by atoms with van der Waals surface area (Å²) in [6.45, 7) is 2.21. The van der Waals surface area contributed by atoms with E-state index >= 15 is 0 Å². The number of aromatic nitrogens is 2. The fourth-order valence-corrected chi connectivity index (χ4v) is 2.46. The topological polar surface area (TPSA) is 100 Å². The summed E-state index contributed by atoms with van der Waals surface area (Å²) < 4.78 is 5.20. The number of hydrogen-bond acceptors (Lipinski definition) is 5. The molecule has 0 saturated heterocycles. The summed E-state index contributed by atoms with van der Waals surface area (Å²) >= 11 is 0. The molecule has 1 aliphatic carbocycles. The molecule has 8 heteroatoms. The highest BCUT2D eigenvalue weighted by Crippen LogP contribution is 2.38. The summed E-state index contributed by atoms with van der Waals surface area (Å²) in [5.74, 6) is 1.49. The van der Waals surface area contributed by atoms with Gasteiger partial charge in [-0.1, -0.05) is 18.1 Å². The van der Waals surface area contributed by atoms with Crippen LogP contribution in [0.1, 0.15) is 50.2 Å². The third-order valence-corrected chi connectivity index (χ3v) is 4.01. The van der Waals surface area contributed by atoms with Crippen molar-refractivity contribution in [1.82, 2.24) is 15.0 Å². The molecule has 0 atom stereocenters. The lowest BCUT2D eigenvalue weighted by Gasteiger charge is -2.16. The number of carbonyl (C=O) groups is 2. The normalized spacial score (nSPS) is 13.3. The number of benzene rings is 1.